The molecule has 164 valence electrons. The molecule has 6 nitrogen and oxygen atoms in total. The van der Waals surface area contributed by atoms with E-state index in [0.29, 0.717) is 34.6 Å². The summed E-state index contributed by atoms with van der Waals surface area (Å²) in [6, 6.07) is 15.7. The highest BCUT2D eigenvalue weighted by molar-refractivity contribution is 7.98. The number of hydrogen-bond donors (Lipinski definition) is 1. The first-order chi connectivity index (χ1) is 15.5. The van der Waals surface area contributed by atoms with E-state index in [1.54, 1.807) is 10.6 Å². The molecule has 1 atom stereocenters. The number of thioether (sulfide) groups is 1. The molecule has 32 heavy (non-hydrogen) atoms. The number of benzene rings is 2. The largest absolute Gasteiger partial charge is 0.490 e. The van der Waals surface area contributed by atoms with Crippen molar-refractivity contribution < 1.29 is 9.53 Å². The van der Waals surface area contributed by atoms with Gasteiger partial charge in [0, 0.05) is 25.1 Å². The van der Waals surface area contributed by atoms with Crippen LogP contribution in [0.1, 0.15) is 34.6 Å². The Hall–Kier alpha value is -3.32. The van der Waals surface area contributed by atoms with Crippen molar-refractivity contribution in [1.82, 2.24) is 9.55 Å². The number of aryl methyl sites for hydroxylation is 1. The summed E-state index contributed by atoms with van der Waals surface area (Å²) in [5, 5.41) is 3.46. The van der Waals surface area contributed by atoms with Gasteiger partial charge in [-0.25, -0.2) is 0 Å². The summed E-state index contributed by atoms with van der Waals surface area (Å²) in [6.07, 6.45) is 1.88. The number of anilines is 1. The smallest absolute Gasteiger partial charge is 0.279 e. The monoisotopic (exact) mass is 447 g/mol. The van der Waals surface area contributed by atoms with Crippen molar-refractivity contribution in [3.8, 4) is 5.75 Å². The maximum Gasteiger partial charge on any atom is 0.279 e. The van der Waals surface area contributed by atoms with Crippen LogP contribution in [0.3, 0.4) is 0 Å². The van der Waals surface area contributed by atoms with Crippen molar-refractivity contribution in [2.45, 2.75) is 30.2 Å². The van der Waals surface area contributed by atoms with Gasteiger partial charge < -0.3 is 14.6 Å². The zero-order chi connectivity index (χ0) is 22.7. The second kappa shape index (κ2) is 9.44. The fraction of sp³-hybridized carbons (Fsp3) is 0.240. The van der Waals surface area contributed by atoms with Crippen LogP contribution in [0.5, 0.6) is 5.75 Å². The van der Waals surface area contributed by atoms with Crippen molar-refractivity contribution in [1.29, 1.82) is 0 Å². The van der Waals surface area contributed by atoms with Crippen LogP contribution in [0.4, 0.5) is 5.82 Å². The first-order valence-electron chi connectivity index (χ1n) is 10.4. The van der Waals surface area contributed by atoms with Crippen molar-refractivity contribution in [3.63, 3.8) is 0 Å². The third-order valence-electron chi connectivity index (χ3n) is 5.44. The lowest BCUT2D eigenvalue weighted by atomic mass is 9.87. The lowest BCUT2D eigenvalue weighted by Crippen LogP contribution is -2.33. The minimum Gasteiger partial charge on any atom is -0.490 e. The Morgan fingerprint density at radius 3 is 2.59 bits per heavy atom. The molecule has 0 saturated heterocycles. The number of fused-ring (bicyclic) bond motifs is 1. The highest BCUT2D eigenvalue weighted by atomic mass is 32.2. The summed E-state index contributed by atoms with van der Waals surface area (Å²) in [4.78, 5) is 29.9. The molecule has 1 aromatic heterocycles. The van der Waals surface area contributed by atoms with Gasteiger partial charge in [0.25, 0.3) is 5.56 Å². The van der Waals surface area contributed by atoms with Crippen LogP contribution in [0.2, 0.25) is 0 Å². The zero-order valence-corrected chi connectivity index (χ0v) is 18.9. The maximum absolute atomic E-state index is 13.1. The summed E-state index contributed by atoms with van der Waals surface area (Å²) in [5.41, 5.74) is 3.44. The highest BCUT2D eigenvalue weighted by Crippen LogP contribution is 2.36. The van der Waals surface area contributed by atoms with Crippen molar-refractivity contribution >= 4 is 23.5 Å². The van der Waals surface area contributed by atoms with E-state index in [4.69, 9.17) is 4.74 Å². The van der Waals surface area contributed by atoms with Crippen LogP contribution >= 0.6 is 11.8 Å². The van der Waals surface area contributed by atoms with E-state index >= 15 is 0 Å². The fourth-order valence-electron chi connectivity index (χ4n) is 3.73. The number of aromatic nitrogens is 2. The molecule has 0 fully saturated rings. The van der Waals surface area contributed by atoms with Crippen LogP contribution < -0.4 is 15.6 Å². The Kier molecular flexibility index (Phi) is 6.46. The number of carbonyl (C=O) groups excluding carboxylic acids is 1. The predicted molar refractivity (Wildman–Crippen MR) is 127 cm³/mol. The van der Waals surface area contributed by atoms with Gasteiger partial charge in [-0.1, -0.05) is 66.4 Å². The number of carbonyl (C=O) groups is 1. The Bertz CT molecular complexity index is 1200. The number of amides is 1. The van der Waals surface area contributed by atoms with E-state index in [1.165, 1.54) is 17.3 Å². The van der Waals surface area contributed by atoms with Crippen LogP contribution in [0.25, 0.3) is 0 Å². The number of nitrogens with one attached hydrogen (secondary N) is 1. The molecule has 0 bridgehead atoms. The Balaban J connectivity index is 1.64. The zero-order valence-electron chi connectivity index (χ0n) is 18.1. The standard InChI is InChI=1S/C25H25N3O3S/c1-4-13-31-19-11-9-18(10-12-19)20-14-21(29)26-23-22(20)24(30)27-25(28(23)3)32-15-17-7-5-16(2)6-8-17/h4-12,20H,1,13-15H2,2-3H3,(H,26,29). The molecule has 0 aliphatic carbocycles. The van der Waals surface area contributed by atoms with E-state index < -0.39 is 0 Å². The van der Waals surface area contributed by atoms with Crippen molar-refractivity contribution in [3.05, 3.63) is 93.8 Å². The summed E-state index contributed by atoms with van der Waals surface area (Å²) in [5.74, 6) is 1.44. The fourth-order valence-corrected chi connectivity index (χ4v) is 4.65. The molecule has 1 amide bonds. The number of nitrogens with zero attached hydrogens (tertiary/aromatic N) is 2. The third kappa shape index (κ3) is 4.62. The number of ether oxygens (including phenoxy) is 1. The quantitative estimate of drug-likeness (QED) is 0.330. The van der Waals surface area contributed by atoms with Crippen LogP contribution in [-0.4, -0.2) is 22.1 Å². The van der Waals surface area contributed by atoms with Gasteiger partial charge in [-0.2, -0.15) is 4.98 Å². The van der Waals surface area contributed by atoms with E-state index in [-0.39, 0.29) is 23.8 Å². The van der Waals surface area contributed by atoms with Crippen LogP contribution in [0, 0.1) is 6.92 Å². The topological polar surface area (TPSA) is 73.2 Å². The molecule has 7 heteroatoms. The lowest BCUT2D eigenvalue weighted by molar-refractivity contribution is -0.116. The van der Waals surface area contributed by atoms with Gasteiger partial charge in [0.1, 0.15) is 18.2 Å². The second-order valence-electron chi connectivity index (χ2n) is 7.77. The maximum atomic E-state index is 13.1. The molecule has 0 spiro atoms. The van der Waals surface area contributed by atoms with Gasteiger partial charge in [0.2, 0.25) is 5.91 Å². The summed E-state index contributed by atoms with van der Waals surface area (Å²) < 4.78 is 7.34. The molecule has 4 rings (SSSR count). The molecular formula is C25H25N3O3S. The average Bonchev–Trinajstić information content (AvgIpc) is 2.80. The van der Waals surface area contributed by atoms with Crippen molar-refractivity contribution in [2.75, 3.05) is 11.9 Å². The van der Waals surface area contributed by atoms with Crippen LogP contribution in [-0.2, 0) is 17.6 Å². The normalized spacial score (nSPS) is 15.1. The molecule has 1 aliphatic rings. The molecular weight excluding hydrogens is 422 g/mol. The number of hydrogen-bond acceptors (Lipinski definition) is 5. The summed E-state index contributed by atoms with van der Waals surface area (Å²) >= 11 is 1.48. The molecule has 3 aromatic rings. The second-order valence-corrected chi connectivity index (χ2v) is 8.71. The first kappa shape index (κ1) is 21.9. The Labute approximate surface area is 191 Å². The third-order valence-corrected chi connectivity index (χ3v) is 6.54. The molecule has 0 saturated carbocycles. The molecule has 2 heterocycles. The SMILES string of the molecule is C=CCOc1ccc(C2CC(=O)Nc3c2c(=O)nc(SCc2ccc(C)cc2)n3C)cc1. The van der Waals surface area contributed by atoms with Gasteiger partial charge in [-0.15, -0.1) is 0 Å². The van der Waals surface area contributed by atoms with Gasteiger partial charge in [-0.05, 0) is 30.2 Å². The van der Waals surface area contributed by atoms with E-state index in [2.05, 4.69) is 41.1 Å². The first-order valence-corrected chi connectivity index (χ1v) is 11.4. The minimum atomic E-state index is -0.352. The molecule has 0 radical (unpaired) electrons. The molecule has 2 aromatic carbocycles. The molecule has 1 unspecified atom stereocenters. The number of rotatable bonds is 7. The predicted octanol–water partition coefficient (Wildman–Crippen LogP) is 4.42. The van der Waals surface area contributed by atoms with Crippen LogP contribution in [0.15, 0.2) is 71.1 Å². The molecule has 1 aliphatic heterocycles. The van der Waals surface area contributed by atoms with Gasteiger partial charge >= 0.3 is 0 Å². The van der Waals surface area contributed by atoms with E-state index in [1.807, 2.05) is 38.2 Å². The van der Waals surface area contributed by atoms with E-state index in [0.717, 1.165) is 11.1 Å². The Morgan fingerprint density at radius 2 is 1.91 bits per heavy atom. The van der Waals surface area contributed by atoms with Crippen molar-refractivity contribution in [2.24, 2.45) is 7.05 Å². The minimum absolute atomic E-state index is 0.120. The lowest BCUT2D eigenvalue weighted by Gasteiger charge is -2.27. The van der Waals surface area contributed by atoms with Gasteiger partial charge in [-0.3, -0.25) is 9.59 Å². The highest BCUT2D eigenvalue weighted by Gasteiger charge is 2.32. The van der Waals surface area contributed by atoms with Gasteiger partial charge in [0.05, 0.1) is 5.56 Å². The van der Waals surface area contributed by atoms with E-state index in [9.17, 15) is 9.59 Å². The summed E-state index contributed by atoms with van der Waals surface area (Å²) in [6.45, 7) is 6.11. The summed E-state index contributed by atoms with van der Waals surface area (Å²) in [7, 11) is 1.83. The Morgan fingerprint density at radius 1 is 1.19 bits per heavy atom. The average molecular weight is 448 g/mol. The molecule has 1 N–H and O–H groups in total. The van der Waals surface area contributed by atoms with Gasteiger partial charge in [0.15, 0.2) is 5.16 Å².